The smallest absolute Gasteiger partial charge is 0.166 e. The largest absolute Gasteiger partial charge is 0.486 e. The van der Waals surface area contributed by atoms with Crippen LogP contribution in [0.2, 0.25) is 0 Å². The molecule has 0 radical (unpaired) electrons. The van der Waals surface area contributed by atoms with Crippen LogP contribution in [0, 0.1) is 0 Å². The zero-order chi connectivity index (χ0) is 12.7. The number of halogens is 1. The third kappa shape index (κ3) is 2.12. The van der Waals surface area contributed by atoms with Crippen molar-refractivity contribution in [2.45, 2.75) is 30.4 Å². The van der Waals surface area contributed by atoms with Crippen molar-refractivity contribution in [3.63, 3.8) is 0 Å². The van der Waals surface area contributed by atoms with Crippen molar-refractivity contribution in [3.8, 4) is 11.5 Å². The van der Waals surface area contributed by atoms with Crippen LogP contribution in [0.5, 0.6) is 11.5 Å². The number of hydrogen-bond acceptors (Lipinski definition) is 4. The lowest BCUT2D eigenvalue weighted by molar-refractivity contribution is 0.168. The van der Waals surface area contributed by atoms with E-state index in [2.05, 4.69) is 22.9 Å². The number of nitrogens with two attached hydrogens (primary N) is 1. The first-order valence-corrected chi connectivity index (χ1v) is 7.99. The highest BCUT2D eigenvalue weighted by Gasteiger charge is 2.29. The van der Waals surface area contributed by atoms with Crippen LogP contribution in [0.15, 0.2) is 10.5 Å². The van der Waals surface area contributed by atoms with Crippen molar-refractivity contribution < 1.29 is 9.47 Å². The summed E-state index contributed by atoms with van der Waals surface area (Å²) in [7, 11) is 0. The van der Waals surface area contributed by atoms with Gasteiger partial charge in [-0.2, -0.15) is 11.8 Å². The average molecular weight is 330 g/mol. The summed E-state index contributed by atoms with van der Waals surface area (Å²) in [5.74, 6) is 2.66. The summed E-state index contributed by atoms with van der Waals surface area (Å²) in [5, 5.41) is 0.569. The number of ether oxygens (including phenoxy) is 2. The molecule has 0 amide bonds. The van der Waals surface area contributed by atoms with Gasteiger partial charge in [0.25, 0.3) is 0 Å². The van der Waals surface area contributed by atoms with E-state index in [0.717, 1.165) is 33.7 Å². The second-order valence-corrected chi connectivity index (χ2v) is 7.02. The predicted octanol–water partition coefficient (Wildman–Crippen LogP) is 3.25. The first-order valence-electron chi connectivity index (χ1n) is 6.15. The molecular weight excluding hydrogens is 314 g/mol. The lowest BCUT2D eigenvalue weighted by Gasteiger charge is -2.25. The Bertz CT molecular complexity index is 481. The summed E-state index contributed by atoms with van der Waals surface area (Å²) >= 11 is 5.58. The Balaban J connectivity index is 2.16. The molecule has 2 aliphatic heterocycles. The lowest BCUT2D eigenvalue weighted by Crippen LogP contribution is -2.21. The fourth-order valence-electron chi connectivity index (χ4n) is 2.53. The fraction of sp³-hybridized carbons (Fsp3) is 0.538. The van der Waals surface area contributed by atoms with E-state index in [1.165, 1.54) is 5.56 Å². The van der Waals surface area contributed by atoms with E-state index in [1.807, 2.05) is 17.8 Å². The number of fused-ring (bicyclic) bond motifs is 3. The number of benzene rings is 1. The standard InChI is InChI=1S/C13H16BrNO2S/c1-7-4-10(15)12-8(6-18-7)9(14)5-11-13(12)17-3-2-16-11/h5,7,10H,2-4,6,15H2,1H3. The van der Waals surface area contributed by atoms with Crippen molar-refractivity contribution in [2.24, 2.45) is 5.73 Å². The third-order valence-corrected chi connectivity index (χ3v) is 5.32. The topological polar surface area (TPSA) is 44.5 Å². The minimum absolute atomic E-state index is 0.0259. The first kappa shape index (κ1) is 12.6. The van der Waals surface area contributed by atoms with Crippen molar-refractivity contribution >= 4 is 27.7 Å². The predicted molar refractivity (Wildman–Crippen MR) is 77.4 cm³/mol. The minimum atomic E-state index is 0.0259. The fourth-order valence-corrected chi connectivity index (χ4v) is 4.38. The van der Waals surface area contributed by atoms with Crippen LogP contribution >= 0.6 is 27.7 Å². The maximum Gasteiger partial charge on any atom is 0.166 e. The molecule has 18 heavy (non-hydrogen) atoms. The Morgan fingerprint density at radius 2 is 2.17 bits per heavy atom. The van der Waals surface area contributed by atoms with Gasteiger partial charge in [0.15, 0.2) is 11.5 Å². The van der Waals surface area contributed by atoms with Crippen LogP contribution in [0.4, 0.5) is 0 Å². The molecule has 3 rings (SSSR count). The van der Waals surface area contributed by atoms with Crippen LogP contribution in [0.25, 0.3) is 0 Å². The maximum atomic E-state index is 6.36. The summed E-state index contributed by atoms with van der Waals surface area (Å²) in [6, 6.07) is 2.04. The molecule has 0 saturated carbocycles. The molecule has 1 aromatic carbocycles. The molecule has 2 heterocycles. The molecule has 2 N–H and O–H groups in total. The Morgan fingerprint density at radius 3 is 3.00 bits per heavy atom. The van der Waals surface area contributed by atoms with E-state index >= 15 is 0 Å². The summed E-state index contributed by atoms with van der Waals surface area (Å²) in [5.41, 5.74) is 8.76. The van der Waals surface area contributed by atoms with Crippen LogP contribution < -0.4 is 15.2 Å². The van der Waals surface area contributed by atoms with E-state index in [1.54, 1.807) is 0 Å². The van der Waals surface area contributed by atoms with E-state index in [4.69, 9.17) is 15.2 Å². The molecule has 2 aliphatic rings. The van der Waals surface area contributed by atoms with Crippen molar-refractivity contribution in [1.29, 1.82) is 0 Å². The molecule has 0 spiro atoms. The molecule has 2 unspecified atom stereocenters. The van der Waals surface area contributed by atoms with Crippen molar-refractivity contribution in [3.05, 3.63) is 21.7 Å². The van der Waals surface area contributed by atoms with Gasteiger partial charge in [0, 0.05) is 27.1 Å². The van der Waals surface area contributed by atoms with Crippen LogP contribution in [-0.4, -0.2) is 18.5 Å². The molecule has 0 aromatic heterocycles. The van der Waals surface area contributed by atoms with Crippen LogP contribution in [0.3, 0.4) is 0 Å². The summed E-state index contributed by atoms with van der Waals surface area (Å²) in [6.07, 6.45) is 0.976. The normalized spacial score (nSPS) is 26.4. The van der Waals surface area contributed by atoms with Gasteiger partial charge < -0.3 is 15.2 Å². The molecule has 0 bridgehead atoms. The highest BCUT2D eigenvalue weighted by Crippen LogP contribution is 2.47. The number of hydrogen-bond donors (Lipinski definition) is 1. The first-order chi connectivity index (χ1) is 8.66. The quantitative estimate of drug-likeness (QED) is 0.793. The third-order valence-electron chi connectivity index (χ3n) is 3.40. The average Bonchev–Trinajstić information content (AvgIpc) is 2.49. The van der Waals surface area contributed by atoms with E-state index in [0.29, 0.717) is 18.5 Å². The Kier molecular flexibility index (Phi) is 3.47. The SMILES string of the molecule is CC1CC(N)c2c(c(Br)cc3c2OCCO3)CS1. The van der Waals surface area contributed by atoms with E-state index in [-0.39, 0.29) is 6.04 Å². The highest BCUT2D eigenvalue weighted by atomic mass is 79.9. The zero-order valence-corrected chi connectivity index (χ0v) is 12.6. The monoisotopic (exact) mass is 329 g/mol. The summed E-state index contributed by atoms with van der Waals surface area (Å²) in [6.45, 7) is 3.45. The van der Waals surface area contributed by atoms with Crippen molar-refractivity contribution in [2.75, 3.05) is 13.2 Å². The van der Waals surface area contributed by atoms with Crippen LogP contribution in [-0.2, 0) is 5.75 Å². The molecule has 0 aliphatic carbocycles. The number of rotatable bonds is 0. The Labute approximate surface area is 120 Å². The van der Waals surface area contributed by atoms with Gasteiger partial charge in [-0.1, -0.05) is 22.9 Å². The van der Waals surface area contributed by atoms with Gasteiger partial charge in [-0.3, -0.25) is 0 Å². The molecule has 5 heteroatoms. The van der Waals surface area contributed by atoms with Gasteiger partial charge in [-0.15, -0.1) is 0 Å². The summed E-state index contributed by atoms with van der Waals surface area (Å²) < 4.78 is 12.6. The molecule has 1 aromatic rings. The second kappa shape index (κ2) is 4.94. The molecule has 2 atom stereocenters. The van der Waals surface area contributed by atoms with Gasteiger partial charge in [0.05, 0.1) is 0 Å². The molecule has 0 saturated heterocycles. The van der Waals surface area contributed by atoms with E-state index in [9.17, 15) is 0 Å². The van der Waals surface area contributed by atoms with Gasteiger partial charge >= 0.3 is 0 Å². The van der Waals surface area contributed by atoms with Gasteiger partial charge in [0.1, 0.15) is 13.2 Å². The molecule has 98 valence electrons. The highest BCUT2D eigenvalue weighted by molar-refractivity contribution is 9.10. The molecule has 0 fully saturated rings. The van der Waals surface area contributed by atoms with Crippen molar-refractivity contribution in [1.82, 2.24) is 0 Å². The van der Waals surface area contributed by atoms with Gasteiger partial charge in [-0.05, 0) is 18.1 Å². The minimum Gasteiger partial charge on any atom is -0.486 e. The van der Waals surface area contributed by atoms with E-state index < -0.39 is 0 Å². The zero-order valence-electron chi connectivity index (χ0n) is 10.2. The Hall–Kier alpha value is -0.390. The lowest BCUT2D eigenvalue weighted by atomic mass is 9.96. The second-order valence-electron chi connectivity index (χ2n) is 4.74. The Morgan fingerprint density at radius 1 is 1.39 bits per heavy atom. The van der Waals surface area contributed by atoms with Gasteiger partial charge in [0.2, 0.25) is 0 Å². The number of thioether (sulfide) groups is 1. The molecule has 3 nitrogen and oxygen atoms in total. The van der Waals surface area contributed by atoms with Crippen LogP contribution in [0.1, 0.15) is 30.5 Å². The summed E-state index contributed by atoms with van der Waals surface area (Å²) in [4.78, 5) is 0. The molecular formula is C13H16BrNO2S. The van der Waals surface area contributed by atoms with Gasteiger partial charge in [-0.25, -0.2) is 0 Å². The maximum absolute atomic E-state index is 6.36.